The minimum atomic E-state index is -0.773. The molecule has 0 bridgehead atoms. The third-order valence-electron chi connectivity index (χ3n) is 4.35. The summed E-state index contributed by atoms with van der Waals surface area (Å²) < 4.78 is 14.7. The van der Waals surface area contributed by atoms with E-state index in [9.17, 15) is 14.4 Å². The van der Waals surface area contributed by atoms with Crippen LogP contribution < -0.4 is 0 Å². The van der Waals surface area contributed by atoms with Gasteiger partial charge < -0.3 is 14.2 Å². The van der Waals surface area contributed by atoms with Crippen molar-refractivity contribution in [3.8, 4) is 0 Å². The molecule has 1 unspecified atom stereocenters. The standard InChI is InChI=1S/C17H28O6.C9H18.C2H6/c1-4-5-6-7-8-9-10-11-17(20)22-13-16(23-15(3)19)12-21-14(2)18;1-3-5-7-9-8-6-4-2;1-2/h8-9,16H,4-7,10-13H2,1-3H3;3,5H,4,6-9H2,1-2H3;1-2H3/b9-8-;5-3-;. The molecule has 0 saturated carbocycles. The van der Waals surface area contributed by atoms with E-state index in [0.717, 1.165) is 12.8 Å². The maximum absolute atomic E-state index is 11.6. The van der Waals surface area contributed by atoms with Crippen molar-refractivity contribution < 1.29 is 28.6 Å². The van der Waals surface area contributed by atoms with Crippen molar-refractivity contribution in [3.63, 3.8) is 0 Å². The summed E-state index contributed by atoms with van der Waals surface area (Å²) in [7, 11) is 0. The Hall–Kier alpha value is -2.11. The number of carbonyl (C=O) groups is 3. The summed E-state index contributed by atoms with van der Waals surface area (Å²) in [5.41, 5.74) is 0. The molecule has 34 heavy (non-hydrogen) atoms. The van der Waals surface area contributed by atoms with E-state index in [2.05, 4.69) is 39.0 Å². The first kappa shape index (κ1) is 36.5. The molecule has 0 spiro atoms. The van der Waals surface area contributed by atoms with Crippen LogP contribution in [-0.4, -0.2) is 37.2 Å². The Kier molecular flexibility index (Phi) is 33.1. The lowest BCUT2D eigenvalue weighted by molar-refractivity contribution is -0.164. The third kappa shape index (κ3) is 34.5. The predicted octanol–water partition coefficient (Wildman–Crippen LogP) is 7.50. The molecule has 0 aromatic carbocycles. The van der Waals surface area contributed by atoms with Crippen LogP contribution in [0.15, 0.2) is 24.3 Å². The summed E-state index contributed by atoms with van der Waals surface area (Å²) in [4.78, 5) is 33.3. The summed E-state index contributed by atoms with van der Waals surface area (Å²) in [6.07, 6.45) is 19.9. The van der Waals surface area contributed by atoms with Crippen LogP contribution in [0, 0.1) is 0 Å². The zero-order valence-corrected chi connectivity index (χ0v) is 23.0. The van der Waals surface area contributed by atoms with Crippen LogP contribution in [0.2, 0.25) is 0 Å². The molecule has 0 saturated heterocycles. The van der Waals surface area contributed by atoms with E-state index in [-0.39, 0.29) is 25.6 Å². The lowest BCUT2D eigenvalue weighted by Gasteiger charge is -2.16. The number of hydrogen-bond donors (Lipinski definition) is 0. The Morgan fingerprint density at radius 3 is 1.79 bits per heavy atom. The van der Waals surface area contributed by atoms with Gasteiger partial charge in [-0.2, -0.15) is 0 Å². The molecule has 0 N–H and O–H groups in total. The monoisotopic (exact) mass is 484 g/mol. The van der Waals surface area contributed by atoms with E-state index in [4.69, 9.17) is 14.2 Å². The molecule has 0 radical (unpaired) electrons. The Morgan fingerprint density at radius 2 is 1.24 bits per heavy atom. The number of rotatable bonds is 17. The predicted molar refractivity (Wildman–Crippen MR) is 141 cm³/mol. The Balaban J connectivity index is -0.000000729. The molecule has 0 amide bonds. The van der Waals surface area contributed by atoms with E-state index in [1.807, 2.05) is 19.9 Å². The summed E-state index contributed by atoms with van der Waals surface area (Å²) in [5, 5.41) is 0. The van der Waals surface area contributed by atoms with Crippen LogP contribution in [0.3, 0.4) is 0 Å². The highest BCUT2D eigenvalue weighted by Gasteiger charge is 2.16. The Labute approximate surface area is 209 Å². The number of unbranched alkanes of at least 4 members (excludes halogenated alkanes) is 7. The van der Waals surface area contributed by atoms with Crippen molar-refractivity contribution in [1.82, 2.24) is 0 Å². The summed E-state index contributed by atoms with van der Waals surface area (Å²) >= 11 is 0. The van der Waals surface area contributed by atoms with E-state index >= 15 is 0 Å². The van der Waals surface area contributed by atoms with Gasteiger partial charge in [-0.3, -0.25) is 14.4 Å². The summed E-state index contributed by atoms with van der Waals surface area (Å²) in [5.74, 6) is -1.38. The van der Waals surface area contributed by atoms with Crippen LogP contribution in [-0.2, 0) is 28.6 Å². The molecule has 200 valence electrons. The van der Waals surface area contributed by atoms with Crippen LogP contribution in [0.4, 0.5) is 0 Å². The van der Waals surface area contributed by atoms with Crippen molar-refractivity contribution in [2.75, 3.05) is 13.2 Å². The van der Waals surface area contributed by atoms with E-state index in [0.29, 0.717) is 6.42 Å². The molecular weight excluding hydrogens is 432 g/mol. The third-order valence-corrected chi connectivity index (χ3v) is 4.35. The maximum Gasteiger partial charge on any atom is 0.306 e. The fourth-order valence-corrected chi connectivity index (χ4v) is 2.62. The number of esters is 3. The van der Waals surface area contributed by atoms with Gasteiger partial charge in [-0.15, -0.1) is 0 Å². The fourth-order valence-electron chi connectivity index (χ4n) is 2.62. The van der Waals surface area contributed by atoms with Crippen molar-refractivity contribution in [1.29, 1.82) is 0 Å². The average Bonchev–Trinajstić information content (AvgIpc) is 2.81. The lowest BCUT2D eigenvalue weighted by Crippen LogP contribution is -2.29. The van der Waals surface area contributed by atoms with Gasteiger partial charge in [-0.25, -0.2) is 0 Å². The first-order chi connectivity index (χ1) is 16.4. The van der Waals surface area contributed by atoms with Gasteiger partial charge in [0.05, 0.1) is 0 Å². The fraction of sp³-hybridized carbons (Fsp3) is 0.750. The van der Waals surface area contributed by atoms with Gasteiger partial charge in [0, 0.05) is 20.3 Å². The molecule has 0 aliphatic carbocycles. The molecule has 0 aliphatic heterocycles. The Bertz CT molecular complexity index is 525. The van der Waals surface area contributed by atoms with Crippen molar-refractivity contribution in [2.45, 2.75) is 125 Å². The summed E-state index contributed by atoms with van der Waals surface area (Å²) in [6, 6.07) is 0. The van der Waals surface area contributed by atoms with E-state index in [1.54, 1.807) is 0 Å². The van der Waals surface area contributed by atoms with Crippen molar-refractivity contribution in [3.05, 3.63) is 24.3 Å². The SMILES string of the molecule is C/C=C\CCCCCC.CC.CCCCC/C=C\CCC(=O)OCC(COC(C)=O)OC(C)=O. The second-order valence-electron chi connectivity index (χ2n) is 7.64. The smallest absolute Gasteiger partial charge is 0.306 e. The van der Waals surface area contributed by atoms with Gasteiger partial charge >= 0.3 is 17.9 Å². The molecule has 6 nitrogen and oxygen atoms in total. The maximum atomic E-state index is 11.6. The summed E-state index contributed by atoms with van der Waals surface area (Å²) in [6.45, 7) is 12.7. The molecule has 0 rings (SSSR count). The highest BCUT2D eigenvalue weighted by molar-refractivity contribution is 5.69. The molecule has 0 aliphatic rings. The molecule has 0 heterocycles. The van der Waals surface area contributed by atoms with Gasteiger partial charge in [-0.05, 0) is 39.0 Å². The van der Waals surface area contributed by atoms with Crippen LogP contribution in [0.1, 0.15) is 119 Å². The first-order valence-corrected chi connectivity index (χ1v) is 13.1. The number of allylic oxidation sites excluding steroid dienone is 4. The van der Waals surface area contributed by atoms with Gasteiger partial charge in [0.15, 0.2) is 6.10 Å². The quantitative estimate of drug-likeness (QED) is 0.0920. The van der Waals surface area contributed by atoms with Gasteiger partial charge in [0.1, 0.15) is 13.2 Å². The van der Waals surface area contributed by atoms with E-state index < -0.39 is 18.0 Å². The van der Waals surface area contributed by atoms with Crippen LogP contribution >= 0.6 is 0 Å². The van der Waals surface area contributed by atoms with Gasteiger partial charge in [0.25, 0.3) is 0 Å². The second kappa shape index (κ2) is 30.9. The van der Waals surface area contributed by atoms with Gasteiger partial charge in [-0.1, -0.05) is 84.1 Å². The molecule has 1 atom stereocenters. The highest BCUT2D eigenvalue weighted by atomic mass is 16.6. The number of ether oxygens (including phenoxy) is 3. The van der Waals surface area contributed by atoms with E-state index in [1.165, 1.54) is 58.8 Å². The molecular formula is C28H52O6. The average molecular weight is 485 g/mol. The molecule has 6 heteroatoms. The molecule has 0 aromatic rings. The minimum Gasteiger partial charge on any atom is -0.462 e. The van der Waals surface area contributed by atoms with Crippen molar-refractivity contribution >= 4 is 17.9 Å². The van der Waals surface area contributed by atoms with Crippen LogP contribution in [0.5, 0.6) is 0 Å². The normalized spacial score (nSPS) is 11.1. The molecule has 0 fully saturated rings. The molecule has 0 aromatic heterocycles. The highest BCUT2D eigenvalue weighted by Crippen LogP contribution is 2.04. The first-order valence-electron chi connectivity index (χ1n) is 13.1. The Morgan fingerprint density at radius 1 is 0.706 bits per heavy atom. The number of hydrogen-bond acceptors (Lipinski definition) is 6. The van der Waals surface area contributed by atoms with Crippen LogP contribution in [0.25, 0.3) is 0 Å². The minimum absolute atomic E-state index is 0.119. The number of carbonyl (C=O) groups excluding carboxylic acids is 3. The second-order valence-corrected chi connectivity index (χ2v) is 7.64. The zero-order chi connectivity index (χ0) is 26.5. The van der Waals surface area contributed by atoms with Gasteiger partial charge in [0.2, 0.25) is 0 Å². The van der Waals surface area contributed by atoms with Crippen molar-refractivity contribution in [2.24, 2.45) is 0 Å². The zero-order valence-electron chi connectivity index (χ0n) is 23.0. The lowest BCUT2D eigenvalue weighted by atomic mass is 10.1. The topological polar surface area (TPSA) is 78.9 Å². The largest absolute Gasteiger partial charge is 0.462 e.